The van der Waals surface area contributed by atoms with E-state index in [0.717, 1.165) is 19.3 Å². The highest BCUT2D eigenvalue weighted by Gasteiger charge is 2.38. The zero-order valence-electron chi connectivity index (χ0n) is 19.6. The van der Waals surface area contributed by atoms with Crippen LogP contribution >= 0.6 is 11.6 Å². The molecule has 2 saturated heterocycles. The largest absolute Gasteiger partial charge is 0.361 e. The van der Waals surface area contributed by atoms with Crippen LogP contribution in [-0.2, 0) is 14.8 Å². The maximum atomic E-state index is 13.7. The van der Waals surface area contributed by atoms with Crippen LogP contribution in [0.3, 0.4) is 0 Å². The van der Waals surface area contributed by atoms with Crippen LogP contribution in [0.25, 0.3) is 0 Å². The van der Waals surface area contributed by atoms with E-state index in [1.54, 1.807) is 43.0 Å². The Morgan fingerprint density at radius 3 is 2.21 bits per heavy atom. The Hall–Kier alpha value is -2.36. The number of hydrogen-bond acceptors (Lipinski definition) is 4. The van der Waals surface area contributed by atoms with E-state index in [9.17, 15) is 18.0 Å². The number of aromatic nitrogens is 1. The summed E-state index contributed by atoms with van der Waals surface area (Å²) in [5.74, 6) is -0.642. The minimum atomic E-state index is -3.89. The number of amides is 2. The number of hydrogen-bond donors (Lipinski definition) is 2. The Labute approximate surface area is 205 Å². The third-order valence-electron chi connectivity index (χ3n) is 6.71. The summed E-state index contributed by atoms with van der Waals surface area (Å²) in [6, 6.07) is 6.88. The Balaban J connectivity index is 1.48. The molecule has 2 fully saturated rings. The van der Waals surface area contributed by atoms with Crippen LogP contribution < -0.4 is 5.32 Å². The summed E-state index contributed by atoms with van der Waals surface area (Å²) in [6.07, 6.45) is 3.78. The minimum Gasteiger partial charge on any atom is -0.361 e. The molecular formula is C24H31ClN4O4S. The summed E-state index contributed by atoms with van der Waals surface area (Å²) in [4.78, 5) is 30.9. The second-order valence-electron chi connectivity index (χ2n) is 9.11. The van der Waals surface area contributed by atoms with Crippen molar-refractivity contribution >= 4 is 39.1 Å². The van der Waals surface area contributed by atoms with Crippen molar-refractivity contribution in [3.63, 3.8) is 0 Å². The highest BCUT2D eigenvalue weighted by Crippen LogP contribution is 2.31. The second-order valence-corrected chi connectivity index (χ2v) is 11.4. The highest BCUT2D eigenvalue weighted by atomic mass is 35.5. The summed E-state index contributed by atoms with van der Waals surface area (Å²) in [5.41, 5.74) is 1.95. The molecule has 8 nitrogen and oxygen atoms in total. The predicted octanol–water partition coefficient (Wildman–Crippen LogP) is 3.95. The molecule has 2 aliphatic rings. The zero-order chi connectivity index (χ0) is 24.5. The molecule has 0 spiro atoms. The molecule has 10 heteroatoms. The summed E-state index contributed by atoms with van der Waals surface area (Å²) in [6.45, 7) is 5.19. The predicted molar refractivity (Wildman–Crippen MR) is 132 cm³/mol. The summed E-state index contributed by atoms with van der Waals surface area (Å²) in [7, 11) is -3.89. The van der Waals surface area contributed by atoms with Gasteiger partial charge in [-0.15, -0.1) is 0 Å². The first kappa shape index (κ1) is 24.8. The van der Waals surface area contributed by atoms with Crippen molar-refractivity contribution in [3.05, 3.63) is 46.2 Å². The van der Waals surface area contributed by atoms with E-state index in [2.05, 4.69) is 10.3 Å². The van der Waals surface area contributed by atoms with Gasteiger partial charge < -0.3 is 15.2 Å². The number of carbonyl (C=O) groups excluding carboxylic acids is 2. The fourth-order valence-corrected chi connectivity index (χ4v) is 6.87. The van der Waals surface area contributed by atoms with Crippen LogP contribution in [0, 0.1) is 19.8 Å². The van der Waals surface area contributed by atoms with Gasteiger partial charge in [-0.05, 0) is 70.2 Å². The lowest BCUT2D eigenvalue weighted by molar-refractivity contribution is -0.120. The molecule has 0 bridgehead atoms. The lowest BCUT2D eigenvalue weighted by atomic mass is 9.97. The molecule has 2 aromatic rings. The summed E-state index contributed by atoms with van der Waals surface area (Å²) in [5, 5.41) is 3.46. The van der Waals surface area contributed by atoms with Gasteiger partial charge in [0.05, 0.1) is 5.56 Å². The van der Waals surface area contributed by atoms with Crippen molar-refractivity contribution in [3.8, 4) is 0 Å². The molecule has 34 heavy (non-hydrogen) atoms. The molecule has 184 valence electrons. The van der Waals surface area contributed by atoms with Gasteiger partial charge in [-0.1, -0.05) is 11.6 Å². The van der Waals surface area contributed by atoms with E-state index in [1.165, 1.54) is 4.31 Å². The molecule has 0 saturated carbocycles. The van der Waals surface area contributed by atoms with Gasteiger partial charge in [-0.3, -0.25) is 9.59 Å². The van der Waals surface area contributed by atoms with Crippen molar-refractivity contribution in [2.45, 2.75) is 50.8 Å². The number of halogens is 1. The highest BCUT2D eigenvalue weighted by molar-refractivity contribution is 7.89. The molecule has 1 aromatic carbocycles. The number of H-pyrrole nitrogens is 1. The quantitative estimate of drug-likeness (QED) is 0.640. The molecule has 0 aliphatic carbocycles. The standard InChI is InChI=1S/C24H31ClN4O4S/c1-16-21(24(31)28-12-4-3-5-13-28)22(17(2)26-16)34(32,33)29-14-10-18(11-15-29)23(30)27-20-8-6-19(25)7-9-20/h6-9,18,26H,3-5,10-15H2,1-2H3,(H,27,30). The molecule has 0 atom stereocenters. The molecule has 1 aromatic heterocycles. The van der Waals surface area contributed by atoms with Crippen LogP contribution in [0.1, 0.15) is 53.8 Å². The van der Waals surface area contributed by atoms with E-state index in [4.69, 9.17) is 11.6 Å². The van der Waals surface area contributed by atoms with Gasteiger partial charge >= 0.3 is 0 Å². The lowest BCUT2D eigenvalue weighted by Crippen LogP contribution is -2.42. The van der Waals surface area contributed by atoms with Crippen molar-refractivity contribution < 1.29 is 18.0 Å². The van der Waals surface area contributed by atoms with E-state index < -0.39 is 10.0 Å². The summed E-state index contributed by atoms with van der Waals surface area (Å²) < 4.78 is 28.7. The van der Waals surface area contributed by atoms with Gasteiger partial charge in [0, 0.05) is 54.2 Å². The Morgan fingerprint density at radius 2 is 1.59 bits per heavy atom. The number of aryl methyl sites for hydroxylation is 2. The van der Waals surface area contributed by atoms with Crippen molar-refractivity contribution in [2.75, 3.05) is 31.5 Å². The fraction of sp³-hybridized carbons (Fsp3) is 0.500. The number of rotatable bonds is 5. The van der Waals surface area contributed by atoms with Crippen LogP contribution in [0.4, 0.5) is 5.69 Å². The Kier molecular flexibility index (Phi) is 7.35. The average molecular weight is 507 g/mol. The number of sulfonamides is 1. The van der Waals surface area contributed by atoms with Gasteiger partial charge in [0.15, 0.2) is 0 Å². The van der Waals surface area contributed by atoms with Gasteiger partial charge in [0.2, 0.25) is 15.9 Å². The average Bonchev–Trinajstić information content (AvgIpc) is 3.14. The molecule has 2 N–H and O–H groups in total. The molecule has 0 unspecified atom stereocenters. The zero-order valence-corrected chi connectivity index (χ0v) is 21.1. The van der Waals surface area contributed by atoms with Crippen LogP contribution in [0.15, 0.2) is 29.2 Å². The van der Waals surface area contributed by atoms with E-state index in [0.29, 0.717) is 48.0 Å². The van der Waals surface area contributed by atoms with Crippen molar-refractivity contribution in [1.82, 2.24) is 14.2 Å². The number of aromatic amines is 1. The first-order valence-electron chi connectivity index (χ1n) is 11.7. The van der Waals surface area contributed by atoms with E-state index in [1.807, 2.05) is 0 Å². The van der Waals surface area contributed by atoms with E-state index >= 15 is 0 Å². The third-order valence-corrected chi connectivity index (χ3v) is 9.03. The van der Waals surface area contributed by atoms with Crippen LogP contribution in [0.5, 0.6) is 0 Å². The number of piperidine rings is 2. The van der Waals surface area contributed by atoms with Gasteiger partial charge in [0.1, 0.15) is 4.90 Å². The second kappa shape index (κ2) is 10.1. The molecular weight excluding hydrogens is 476 g/mol. The Morgan fingerprint density at radius 1 is 0.971 bits per heavy atom. The smallest absolute Gasteiger partial charge is 0.257 e. The lowest BCUT2D eigenvalue weighted by Gasteiger charge is -2.31. The first-order valence-corrected chi connectivity index (χ1v) is 13.6. The number of benzene rings is 1. The maximum absolute atomic E-state index is 13.7. The number of likely N-dealkylation sites (tertiary alicyclic amines) is 1. The summed E-state index contributed by atoms with van der Waals surface area (Å²) >= 11 is 5.89. The van der Waals surface area contributed by atoms with Gasteiger partial charge in [0.25, 0.3) is 5.91 Å². The normalized spacial score (nSPS) is 18.1. The third kappa shape index (κ3) is 5.01. The van der Waals surface area contributed by atoms with Crippen molar-refractivity contribution in [1.29, 1.82) is 0 Å². The number of nitrogens with zero attached hydrogens (tertiary/aromatic N) is 2. The van der Waals surface area contributed by atoms with Crippen LogP contribution in [0.2, 0.25) is 5.02 Å². The SMILES string of the molecule is Cc1[nH]c(C)c(S(=O)(=O)N2CCC(C(=O)Nc3ccc(Cl)cc3)CC2)c1C(=O)N1CCCCC1. The van der Waals surface area contributed by atoms with Gasteiger partial charge in [-0.2, -0.15) is 4.31 Å². The Bertz CT molecular complexity index is 1160. The minimum absolute atomic E-state index is 0.0737. The van der Waals surface area contributed by atoms with Crippen LogP contribution in [-0.4, -0.2) is 60.6 Å². The molecule has 0 radical (unpaired) electrons. The topological polar surface area (TPSA) is 103 Å². The molecule has 2 aliphatic heterocycles. The first-order chi connectivity index (χ1) is 16.2. The number of anilines is 1. The molecule has 4 rings (SSSR count). The van der Waals surface area contributed by atoms with Crippen molar-refractivity contribution in [2.24, 2.45) is 5.92 Å². The molecule has 3 heterocycles. The molecule has 2 amide bonds. The fourth-order valence-electron chi connectivity index (χ4n) is 4.86. The number of nitrogens with one attached hydrogen (secondary N) is 2. The monoisotopic (exact) mass is 506 g/mol. The maximum Gasteiger partial charge on any atom is 0.257 e. The van der Waals surface area contributed by atoms with Gasteiger partial charge in [-0.25, -0.2) is 8.42 Å². The van der Waals surface area contributed by atoms with E-state index in [-0.39, 0.29) is 41.3 Å². The number of carbonyl (C=O) groups is 2.